The van der Waals surface area contributed by atoms with E-state index in [1.165, 1.54) is 6.07 Å². The molecular formula is C25H27F2NO3. The van der Waals surface area contributed by atoms with Crippen LogP contribution in [-0.2, 0) is 13.0 Å². The first-order valence-electron chi connectivity index (χ1n) is 10.3. The number of aliphatic hydroxyl groups is 1. The first-order valence-corrected chi connectivity index (χ1v) is 10.3. The molecule has 3 aromatic rings. The monoisotopic (exact) mass is 427 g/mol. The standard InChI is InChI=1S/C25H27F2NO3/c1-2-30-20-13-17(16-31-24-9-4-3-6-18(24)10-11-29)12-19(14-20)21-7-5-8-22(25(21)27)23(28)15-26/h3-9,12-14,23,29H,2,10-11,15-16,28H2,1H3. The Morgan fingerprint density at radius 1 is 1.03 bits per heavy atom. The second-order valence-corrected chi connectivity index (χ2v) is 7.14. The zero-order valence-electron chi connectivity index (χ0n) is 17.5. The molecule has 0 heterocycles. The van der Waals surface area contributed by atoms with Crippen molar-refractivity contribution in [3.63, 3.8) is 0 Å². The summed E-state index contributed by atoms with van der Waals surface area (Å²) in [5.74, 6) is 0.727. The highest BCUT2D eigenvalue weighted by molar-refractivity contribution is 5.68. The van der Waals surface area contributed by atoms with Crippen molar-refractivity contribution in [2.24, 2.45) is 5.73 Å². The van der Waals surface area contributed by atoms with Gasteiger partial charge in [0.15, 0.2) is 0 Å². The van der Waals surface area contributed by atoms with E-state index in [-0.39, 0.29) is 18.8 Å². The van der Waals surface area contributed by atoms with Gasteiger partial charge >= 0.3 is 0 Å². The lowest BCUT2D eigenvalue weighted by atomic mass is 9.97. The van der Waals surface area contributed by atoms with Gasteiger partial charge in [-0.1, -0.05) is 36.4 Å². The molecule has 0 amide bonds. The van der Waals surface area contributed by atoms with Crippen molar-refractivity contribution < 1.29 is 23.4 Å². The third-order valence-electron chi connectivity index (χ3n) is 4.93. The van der Waals surface area contributed by atoms with E-state index in [0.717, 1.165) is 11.1 Å². The minimum atomic E-state index is -1.01. The smallest absolute Gasteiger partial charge is 0.135 e. The molecule has 164 valence electrons. The summed E-state index contributed by atoms with van der Waals surface area (Å²) in [6.07, 6.45) is 0.493. The fourth-order valence-corrected chi connectivity index (χ4v) is 3.42. The topological polar surface area (TPSA) is 64.7 Å². The van der Waals surface area contributed by atoms with Crippen molar-refractivity contribution >= 4 is 0 Å². The van der Waals surface area contributed by atoms with E-state index in [9.17, 15) is 9.50 Å². The molecule has 0 radical (unpaired) electrons. The summed E-state index contributed by atoms with van der Waals surface area (Å²) in [5.41, 5.74) is 8.48. The predicted molar refractivity (Wildman–Crippen MR) is 117 cm³/mol. The fourth-order valence-electron chi connectivity index (χ4n) is 3.42. The highest BCUT2D eigenvalue weighted by Gasteiger charge is 2.17. The average molecular weight is 427 g/mol. The molecule has 3 aromatic carbocycles. The molecule has 0 spiro atoms. The van der Waals surface area contributed by atoms with Crippen LogP contribution in [0.2, 0.25) is 0 Å². The maximum atomic E-state index is 15.1. The molecule has 0 aliphatic carbocycles. The number of benzene rings is 3. The summed E-state index contributed by atoms with van der Waals surface area (Å²) in [5, 5.41) is 9.25. The number of hydrogen-bond acceptors (Lipinski definition) is 4. The van der Waals surface area contributed by atoms with Crippen LogP contribution in [0.25, 0.3) is 11.1 Å². The highest BCUT2D eigenvalue weighted by atomic mass is 19.1. The van der Waals surface area contributed by atoms with Gasteiger partial charge in [0, 0.05) is 17.7 Å². The van der Waals surface area contributed by atoms with Crippen LogP contribution in [0.1, 0.15) is 29.7 Å². The lowest BCUT2D eigenvalue weighted by Gasteiger charge is -2.15. The van der Waals surface area contributed by atoms with Gasteiger partial charge in [0.2, 0.25) is 0 Å². The molecule has 6 heteroatoms. The Hall–Kier alpha value is -2.96. The van der Waals surface area contributed by atoms with Crippen LogP contribution >= 0.6 is 0 Å². The molecule has 0 saturated heterocycles. The van der Waals surface area contributed by atoms with Crippen molar-refractivity contribution in [1.82, 2.24) is 0 Å². The Kier molecular flexibility index (Phi) is 7.98. The summed E-state index contributed by atoms with van der Waals surface area (Å²) < 4.78 is 39.8. The zero-order valence-corrected chi connectivity index (χ0v) is 17.5. The Labute approximate surface area is 181 Å². The Morgan fingerprint density at radius 3 is 2.58 bits per heavy atom. The lowest BCUT2D eigenvalue weighted by molar-refractivity contribution is 0.283. The average Bonchev–Trinajstić information content (AvgIpc) is 2.78. The predicted octanol–water partition coefficient (Wildman–Crippen LogP) is 4.97. The van der Waals surface area contributed by atoms with Crippen LogP contribution in [0.4, 0.5) is 8.78 Å². The van der Waals surface area contributed by atoms with Crippen molar-refractivity contribution in [3.8, 4) is 22.6 Å². The molecule has 1 unspecified atom stereocenters. The minimum Gasteiger partial charge on any atom is -0.494 e. The number of rotatable bonds is 10. The van der Waals surface area contributed by atoms with E-state index in [1.807, 2.05) is 43.3 Å². The van der Waals surface area contributed by atoms with Gasteiger partial charge in [-0.25, -0.2) is 8.78 Å². The second-order valence-electron chi connectivity index (χ2n) is 7.14. The summed E-state index contributed by atoms with van der Waals surface area (Å²) in [6, 6.07) is 16.7. The quantitative estimate of drug-likeness (QED) is 0.479. The SMILES string of the molecule is CCOc1cc(COc2ccccc2CCO)cc(-c2cccc(C(N)CF)c2F)c1. The Balaban J connectivity index is 1.94. The van der Waals surface area contributed by atoms with E-state index >= 15 is 4.39 Å². The molecule has 0 fully saturated rings. The molecule has 3 rings (SSSR count). The first-order chi connectivity index (χ1) is 15.1. The van der Waals surface area contributed by atoms with Crippen molar-refractivity contribution in [2.75, 3.05) is 19.9 Å². The lowest BCUT2D eigenvalue weighted by Crippen LogP contribution is -2.14. The van der Waals surface area contributed by atoms with Crippen molar-refractivity contribution in [2.45, 2.75) is 26.0 Å². The maximum absolute atomic E-state index is 15.1. The van der Waals surface area contributed by atoms with Crippen LogP contribution in [0.3, 0.4) is 0 Å². The van der Waals surface area contributed by atoms with Crippen molar-refractivity contribution in [3.05, 3.63) is 83.2 Å². The van der Waals surface area contributed by atoms with E-state index in [1.54, 1.807) is 18.2 Å². The van der Waals surface area contributed by atoms with Gasteiger partial charge in [0.1, 0.15) is 30.6 Å². The summed E-state index contributed by atoms with van der Waals surface area (Å²) >= 11 is 0. The van der Waals surface area contributed by atoms with E-state index < -0.39 is 18.5 Å². The highest BCUT2D eigenvalue weighted by Crippen LogP contribution is 2.32. The molecule has 31 heavy (non-hydrogen) atoms. The van der Waals surface area contributed by atoms with Gasteiger partial charge in [-0.15, -0.1) is 0 Å². The normalized spacial score (nSPS) is 11.9. The molecular weight excluding hydrogens is 400 g/mol. The Bertz CT molecular complexity index is 1010. The number of halogens is 2. The first kappa shape index (κ1) is 22.7. The summed E-state index contributed by atoms with van der Waals surface area (Å²) in [7, 11) is 0. The number of hydrogen-bond donors (Lipinski definition) is 2. The number of nitrogens with two attached hydrogens (primary N) is 1. The molecule has 0 aliphatic heterocycles. The molecule has 3 N–H and O–H groups in total. The van der Waals surface area contributed by atoms with Gasteiger partial charge in [0.25, 0.3) is 0 Å². The number of aliphatic hydroxyl groups excluding tert-OH is 1. The van der Waals surface area contributed by atoms with Gasteiger partial charge in [0.05, 0.1) is 12.6 Å². The van der Waals surface area contributed by atoms with Crippen LogP contribution in [0, 0.1) is 5.82 Å². The molecule has 0 saturated carbocycles. The third kappa shape index (κ3) is 5.60. The second kappa shape index (κ2) is 10.9. The van der Waals surface area contributed by atoms with Crippen LogP contribution in [0.15, 0.2) is 60.7 Å². The zero-order chi connectivity index (χ0) is 22.2. The van der Waals surface area contributed by atoms with Crippen molar-refractivity contribution in [1.29, 1.82) is 0 Å². The van der Waals surface area contributed by atoms with E-state index in [4.69, 9.17) is 15.2 Å². The minimum absolute atomic E-state index is 0.0288. The maximum Gasteiger partial charge on any atom is 0.135 e. The van der Waals surface area contributed by atoms with Gasteiger partial charge < -0.3 is 20.3 Å². The number of alkyl halides is 1. The van der Waals surface area contributed by atoms with Gasteiger partial charge in [-0.2, -0.15) is 0 Å². The summed E-state index contributed by atoms with van der Waals surface area (Å²) in [6.45, 7) is 1.75. The Morgan fingerprint density at radius 2 is 1.84 bits per heavy atom. The third-order valence-corrected chi connectivity index (χ3v) is 4.93. The van der Waals surface area contributed by atoms with Gasteiger partial charge in [-0.3, -0.25) is 0 Å². The van der Waals surface area contributed by atoms with E-state index in [2.05, 4.69) is 0 Å². The number of para-hydroxylation sites is 1. The van der Waals surface area contributed by atoms with Crippen LogP contribution < -0.4 is 15.2 Å². The van der Waals surface area contributed by atoms with Gasteiger partial charge in [-0.05, 0) is 54.3 Å². The molecule has 4 nitrogen and oxygen atoms in total. The fraction of sp³-hybridized carbons (Fsp3) is 0.280. The molecule has 0 aliphatic rings. The van der Waals surface area contributed by atoms with Crippen LogP contribution in [0.5, 0.6) is 11.5 Å². The molecule has 0 bridgehead atoms. The van der Waals surface area contributed by atoms with Crippen LogP contribution in [-0.4, -0.2) is 25.0 Å². The molecule has 1 atom stereocenters. The molecule has 0 aromatic heterocycles. The largest absolute Gasteiger partial charge is 0.494 e. The number of ether oxygens (including phenoxy) is 2. The summed E-state index contributed by atoms with van der Waals surface area (Å²) in [4.78, 5) is 0. The van der Waals surface area contributed by atoms with E-state index in [0.29, 0.717) is 35.7 Å².